The summed E-state index contributed by atoms with van der Waals surface area (Å²) in [7, 11) is 0. The van der Waals surface area contributed by atoms with Crippen molar-refractivity contribution >= 4 is 41.1 Å². The largest absolute Gasteiger partial charge is 0.457 e. The van der Waals surface area contributed by atoms with E-state index < -0.39 is 11.8 Å². The zero-order valence-corrected chi connectivity index (χ0v) is 17.6. The third-order valence-electron chi connectivity index (χ3n) is 4.48. The first kappa shape index (κ1) is 20.9. The van der Waals surface area contributed by atoms with Gasteiger partial charge in [0.2, 0.25) is 0 Å². The molecule has 0 fully saturated rings. The minimum absolute atomic E-state index is 0.0406. The summed E-state index contributed by atoms with van der Waals surface area (Å²) < 4.78 is 5.84. The maximum Gasteiger partial charge on any atom is 0.271 e. The Morgan fingerprint density at radius 1 is 1.17 bits per heavy atom. The summed E-state index contributed by atoms with van der Waals surface area (Å²) in [6.45, 7) is 5.61. The van der Waals surface area contributed by atoms with Crippen molar-refractivity contribution in [2.45, 2.75) is 20.8 Å². The number of halogens is 2. The maximum atomic E-state index is 12.9. The van der Waals surface area contributed by atoms with Crippen molar-refractivity contribution in [2.24, 2.45) is 5.92 Å². The molecule has 0 unspecified atom stereocenters. The molecule has 0 aliphatic carbocycles. The molecule has 0 saturated heterocycles. The summed E-state index contributed by atoms with van der Waals surface area (Å²) in [5.74, 6) is -0.0481. The quantitative estimate of drug-likeness (QED) is 0.475. The highest BCUT2D eigenvalue weighted by atomic mass is 35.5. The number of rotatable bonds is 4. The van der Waals surface area contributed by atoms with Gasteiger partial charge in [0.15, 0.2) is 0 Å². The Labute approximate surface area is 178 Å². The molecule has 3 rings (SSSR count). The molecule has 0 radical (unpaired) electrons. The van der Waals surface area contributed by atoms with E-state index in [1.807, 2.05) is 19.9 Å². The number of carbonyl (C=O) groups is 2. The maximum absolute atomic E-state index is 12.9. The van der Waals surface area contributed by atoms with Crippen LogP contribution >= 0.6 is 23.2 Å². The van der Waals surface area contributed by atoms with E-state index in [9.17, 15) is 14.9 Å². The first-order chi connectivity index (χ1) is 13.7. The first-order valence-electron chi connectivity index (χ1n) is 8.97. The van der Waals surface area contributed by atoms with Crippen molar-refractivity contribution in [3.05, 3.63) is 62.9 Å². The summed E-state index contributed by atoms with van der Waals surface area (Å²) in [6.07, 6.45) is 1.54. The number of furan rings is 1. The summed E-state index contributed by atoms with van der Waals surface area (Å²) in [6, 6.07) is 10.4. The SMILES string of the molecule is CC1=C(C#N)C(=O)N(CC(C)C)C(=O)/C1=C/c1ccc(-c2cc(Cl)ccc2Cl)o1. The van der Waals surface area contributed by atoms with Gasteiger partial charge in [-0.3, -0.25) is 14.5 Å². The van der Waals surface area contributed by atoms with E-state index in [0.29, 0.717) is 32.7 Å². The molecular weight excluding hydrogens is 411 g/mol. The topological polar surface area (TPSA) is 74.3 Å². The molecule has 0 N–H and O–H groups in total. The Bertz CT molecular complexity index is 1100. The van der Waals surface area contributed by atoms with Crippen LogP contribution in [0.2, 0.25) is 10.0 Å². The van der Waals surface area contributed by atoms with Gasteiger partial charge in [-0.15, -0.1) is 0 Å². The third-order valence-corrected chi connectivity index (χ3v) is 5.05. The lowest BCUT2D eigenvalue weighted by atomic mass is 9.94. The normalized spacial score (nSPS) is 16.2. The van der Waals surface area contributed by atoms with Gasteiger partial charge >= 0.3 is 0 Å². The van der Waals surface area contributed by atoms with E-state index in [4.69, 9.17) is 27.6 Å². The lowest BCUT2D eigenvalue weighted by Crippen LogP contribution is -2.44. The van der Waals surface area contributed by atoms with Crippen LogP contribution in [0.3, 0.4) is 0 Å². The fraction of sp³-hybridized carbons (Fsp3) is 0.227. The van der Waals surface area contributed by atoms with E-state index >= 15 is 0 Å². The average molecular weight is 429 g/mol. The first-order valence-corrected chi connectivity index (χ1v) is 9.73. The van der Waals surface area contributed by atoms with Crippen LogP contribution in [-0.2, 0) is 9.59 Å². The molecule has 0 saturated carbocycles. The van der Waals surface area contributed by atoms with Gasteiger partial charge < -0.3 is 4.42 Å². The van der Waals surface area contributed by atoms with Gasteiger partial charge in [0.05, 0.1) is 5.02 Å². The van der Waals surface area contributed by atoms with Crippen LogP contribution in [0.15, 0.2) is 51.5 Å². The Morgan fingerprint density at radius 2 is 1.90 bits per heavy atom. The number of hydrogen-bond acceptors (Lipinski definition) is 4. The van der Waals surface area contributed by atoms with Crippen LogP contribution in [0.5, 0.6) is 0 Å². The molecule has 1 aliphatic heterocycles. The lowest BCUT2D eigenvalue weighted by molar-refractivity contribution is -0.141. The van der Waals surface area contributed by atoms with Crippen LogP contribution in [0.1, 0.15) is 26.5 Å². The molecule has 2 aromatic rings. The molecular formula is C22H18Cl2N2O3. The molecule has 2 heterocycles. The second kappa shape index (κ2) is 8.28. The van der Waals surface area contributed by atoms with Gasteiger partial charge in [0, 0.05) is 22.7 Å². The van der Waals surface area contributed by atoms with E-state index in [2.05, 4.69) is 0 Å². The standard InChI is InChI=1S/C22H18Cl2N2O3/c1-12(2)11-26-21(27)16(13(3)18(10-25)22(26)28)9-15-5-7-20(29-15)17-8-14(23)4-6-19(17)24/h4-9,12H,11H2,1-3H3/b16-9+. The van der Waals surface area contributed by atoms with E-state index in [-0.39, 0.29) is 23.6 Å². The van der Waals surface area contributed by atoms with Crippen molar-refractivity contribution in [2.75, 3.05) is 6.54 Å². The molecule has 7 heteroatoms. The van der Waals surface area contributed by atoms with Gasteiger partial charge in [-0.05, 0) is 54.8 Å². The van der Waals surface area contributed by atoms with Gasteiger partial charge in [0.25, 0.3) is 11.8 Å². The number of nitriles is 1. The Kier molecular flexibility index (Phi) is 5.97. The smallest absolute Gasteiger partial charge is 0.271 e. The number of nitrogens with zero attached hydrogens (tertiary/aromatic N) is 2. The Morgan fingerprint density at radius 3 is 2.55 bits per heavy atom. The van der Waals surface area contributed by atoms with Gasteiger partial charge in [-0.25, -0.2) is 0 Å². The van der Waals surface area contributed by atoms with E-state index in [1.165, 1.54) is 6.08 Å². The highest BCUT2D eigenvalue weighted by molar-refractivity contribution is 6.35. The van der Waals surface area contributed by atoms with Crippen molar-refractivity contribution < 1.29 is 14.0 Å². The van der Waals surface area contributed by atoms with Gasteiger partial charge in [-0.1, -0.05) is 37.0 Å². The molecule has 0 spiro atoms. The molecule has 1 aromatic carbocycles. The average Bonchev–Trinajstić information content (AvgIpc) is 3.13. The van der Waals surface area contributed by atoms with Crippen molar-refractivity contribution in [1.82, 2.24) is 4.90 Å². The van der Waals surface area contributed by atoms with Crippen LogP contribution in [0.4, 0.5) is 0 Å². The van der Waals surface area contributed by atoms with Crippen molar-refractivity contribution in [3.8, 4) is 17.4 Å². The highest BCUT2D eigenvalue weighted by Gasteiger charge is 2.35. The molecule has 1 aromatic heterocycles. The Hall–Kier alpha value is -2.81. The third kappa shape index (κ3) is 4.14. The zero-order valence-electron chi connectivity index (χ0n) is 16.1. The summed E-state index contributed by atoms with van der Waals surface area (Å²) in [4.78, 5) is 26.6. The fourth-order valence-electron chi connectivity index (χ4n) is 3.06. The monoisotopic (exact) mass is 428 g/mol. The van der Waals surface area contributed by atoms with Crippen molar-refractivity contribution in [1.29, 1.82) is 5.26 Å². The van der Waals surface area contributed by atoms with Gasteiger partial charge in [0.1, 0.15) is 23.2 Å². The molecule has 2 amide bonds. The molecule has 29 heavy (non-hydrogen) atoms. The Balaban J connectivity index is 2.05. The summed E-state index contributed by atoms with van der Waals surface area (Å²) in [5.41, 5.74) is 1.17. The van der Waals surface area contributed by atoms with E-state index in [0.717, 1.165) is 4.90 Å². The number of amides is 2. The minimum atomic E-state index is -0.563. The van der Waals surface area contributed by atoms with Crippen LogP contribution in [0.25, 0.3) is 17.4 Å². The minimum Gasteiger partial charge on any atom is -0.457 e. The predicted octanol–water partition coefficient (Wildman–Crippen LogP) is 5.50. The molecule has 5 nitrogen and oxygen atoms in total. The highest BCUT2D eigenvalue weighted by Crippen LogP contribution is 2.33. The molecule has 1 aliphatic rings. The summed E-state index contributed by atoms with van der Waals surface area (Å²) in [5, 5.41) is 10.4. The second-order valence-corrected chi connectivity index (χ2v) is 7.95. The number of benzene rings is 1. The fourth-order valence-corrected chi connectivity index (χ4v) is 3.45. The van der Waals surface area contributed by atoms with E-state index in [1.54, 1.807) is 37.3 Å². The molecule has 0 bridgehead atoms. The van der Waals surface area contributed by atoms with Crippen LogP contribution in [0, 0.1) is 17.2 Å². The number of hydrogen-bond donors (Lipinski definition) is 0. The molecule has 148 valence electrons. The summed E-state index contributed by atoms with van der Waals surface area (Å²) >= 11 is 12.3. The number of imide groups is 1. The van der Waals surface area contributed by atoms with Gasteiger partial charge in [-0.2, -0.15) is 5.26 Å². The zero-order chi connectivity index (χ0) is 21.3. The number of carbonyl (C=O) groups excluding carboxylic acids is 2. The van der Waals surface area contributed by atoms with Crippen molar-refractivity contribution in [3.63, 3.8) is 0 Å². The van der Waals surface area contributed by atoms with Crippen LogP contribution in [-0.4, -0.2) is 23.3 Å². The second-order valence-electron chi connectivity index (χ2n) is 7.11. The van der Waals surface area contributed by atoms with Crippen LogP contribution < -0.4 is 0 Å². The molecule has 0 atom stereocenters. The predicted molar refractivity (Wildman–Crippen MR) is 112 cm³/mol. The lowest BCUT2D eigenvalue weighted by Gasteiger charge is -2.28.